The van der Waals surface area contributed by atoms with Gasteiger partial charge in [-0.15, -0.1) is 0 Å². The molecule has 1 nitrogen and oxygen atoms in total. The van der Waals surface area contributed by atoms with Crippen LogP contribution in [0.1, 0.15) is 26.2 Å². The lowest BCUT2D eigenvalue weighted by molar-refractivity contribution is 0.706. The van der Waals surface area contributed by atoms with Crippen LogP contribution >= 0.6 is 11.8 Å². The van der Waals surface area contributed by atoms with Gasteiger partial charge in [0.2, 0.25) is 0 Å². The highest BCUT2D eigenvalue weighted by molar-refractivity contribution is 6.13. The molecule has 0 aliphatic rings. The van der Waals surface area contributed by atoms with E-state index in [4.69, 9.17) is 11.8 Å². The summed E-state index contributed by atoms with van der Waals surface area (Å²) in [6, 6.07) is 0. The molecule has 0 radical (unpaired) electrons. The molecule has 0 spiro atoms. The van der Waals surface area contributed by atoms with Crippen LogP contribution in [0.4, 0.5) is 0 Å². The molecule has 0 unspecified atom stereocenters. The SMILES string of the molecule is CCCCCNCl. The molecule has 0 rings (SSSR count). The smallest absolute Gasteiger partial charge is 0.0108 e. The van der Waals surface area contributed by atoms with Crippen molar-refractivity contribution in [2.24, 2.45) is 0 Å². The first-order valence-electron chi connectivity index (χ1n) is 2.75. The second-order valence-corrected chi connectivity index (χ2v) is 1.86. The van der Waals surface area contributed by atoms with Crippen LogP contribution in [0, 0.1) is 0 Å². The second kappa shape index (κ2) is 6.25. The van der Waals surface area contributed by atoms with Crippen molar-refractivity contribution in [3.63, 3.8) is 0 Å². The quantitative estimate of drug-likeness (QED) is 0.443. The van der Waals surface area contributed by atoms with Crippen molar-refractivity contribution in [1.82, 2.24) is 4.84 Å². The highest BCUT2D eigenvalue weighted by Gasteiger charge is 1.80. The van der Waals surface area contributed by atoms with Crippen molar-refractivity contribution in [3.05, 3.63) is 0 Å². The van der Waals surface area contributed by atoms with Crippen LogP contribution in [0.15, 0.2) is 0 Å². The molecule has 0 amide bonds. The third-order valence-corrected chi connectivity index (χ3v) is 1.06. The minimum atomic E-state index is 0.940. The van der Waals surface area contributed by atoms with E-state index in [0.29, 0.717) is 0 Å². The van der Waals surface area contributed by atoms with E-state index < -0.39 is 0 Å². The summed E-state index contributed by atoms with van der Waals surface area (Å²) < 4.78 is 0. The lowest BCUT2D eigenvalue weighted by Gasteiger charge is -1.91. The number of unbranched alkanes of at least 4 members (excludes halogenated alkanes) is 2. The molecule has 44 valence electrons. The number of nitrogens with one attached hydrogen (secondary N) is 1. The minimum Gasteiger partial charge on any atom is -0.234 e. The van der Waals surface area contributed by atoms with Gasteiger partial charge in [-0.2, -0.15) is 0 Å². The fourth-order valence-electron chi connectivity index (χ4n) is 0.442. The Morgan fingerprint density at radius 1 is 1.43 bits per heavy atom. The van der Waals surface area contributed by atoms with Gasteiger partial charge in [0.05, 0.1) is 0 Å². The predicted molar refractivity (Wildman–Crippen MR) is 33.4 cm³/mol. The monoisotopic (exact) mass is 121 g/mol. The van der Waals surface area contributed by atoms with E-state index in [0.717, 1.165) is 6.54 Å². The Balaban J connectivity index is 2.45. The maximum absolute atomic E-state index is 5.19. The number of hydrogen-bond acceptors (Lipinski definition) is 1. The molecule has 0 aliphatic heterocycles. The third-order valence-electron chi connectivity index (χ3n) is 0.875. The van der Waals surface area contributed by atoms with Gasteiger partial charge in [0.25, 0.3) is 0 Å². The fraction of sp³-hybridized carbons (Fsp3) is 1.00. The van der Waals surface area contributed by atoms with Crippen molar-refractivity contribution in [2.45, 2.75) is 26.2 Å². The van der Waals surface area contributed by atoms with Crippen molar-refractivity contribution >= 4 is 11.8 Å². The van der Waals surface area contributed by atoms with Gasteiger partial charge < -0.3 is 0 Å². The highest BCUT2D eigenvalue weighted by atomic mass is 35.5. The predicted octanol–water partition coefficient (Wildman–Crippen LogP) is 1.92. The molecule has 0 bridgehead atoms. The zero-order chi connectivity index (χ0) is 5.54. The summed E-state index contributed by atoms with van der Waals surface area (Å²) in [7, 11) is 0. The molecule has 0 fully saturated rings. The molecule has 0 heterocycles. The molecule has 0 aromatic carbocycles. The summed E-state index contributed by atoms with van der Waals surface area (Å²) in [5.41, 5.74) is 0. The Kier molecular flexibility index (Phi) is 6.47. The molecule has 0 aliphatic carbocycles. The summed E-state index contributed by atoms with van der Waals surface area (Å²) >= 11 is 5.19. The maximum Gasteiger partial charge on any atom is 0.0108 e. The van der Waals surface area contributed by atoms with Crippen LogP contribution in [0.3, 0.4) is 0 Å². The van der Waals surface area contributed by atoms with Crippen molar-refractivity contribution < 1.29 is 0 Å². The van der Waals surface area contributed by atoms with Gasteiger partial charge in [-0.1, -0.05) is 19.8 Å². The topological polar surface area (TPSA) is 12.0 Å². The van der Waals surface area contributed by atoms with Gasteiger partial charge in [0, 0.05) is 6.54 Å². The van der Waals surface area contributed by atoms with Crippen LogP contribution < -0.4 is 4.84 Å². The van der Waals surface area contributed by atoms with Crippen LogP contribution in [0.5, 0.6) is 0 Å². The zero-order valence-electron chi connectivity index (χ0n) is 4.71. The molecular formula is C5H12ClN. The lowest BCUT2D eigenvalue weighted by atomic mass is 10.3. The van der Waals surface area contributed by atoms with E-state index in [1.54, 1.807) is 0 Å². The van der Waals surface area contributed by atoms with Gasteiger partial charge >= 0.3 is 0 Å². The molecule has 0 aromatic rings. The largest absolute Gasteiger partial charge is 0.234 e. The molecular weight excluding hydrogens is 110 g/mol. The van der Waals surface area contributed by atoms with Crippen LogP contribution in [-0.4, -0.2) is 6.54 Å². The number of hydrogen-bond donors (Lipinski definition) is 1. The molecule has 0 saturated carbocycles. The number of halogens is 1. The highest BCUT2D eigenvalue weighted by Crippen LogP contribution is 1.90. The van der Waals surface area contributed by atoms with Crippen molar-refractivity contribution in [2.75, 3.05) is 6.54 Å². The van der Waals surface area contributed by atoms with E-state index in [2.05, 4.69) is 11.8 Å². The summed E-state index contributed by atoms with van der Waals surface area (Å²) in [6.45, 7) is 3.11. The van der Waals surface area contributed by atoms with Gasteiger partial charge in [-0.25, -0.2) is 4.84 Å². The fourth-order valence-corrected chi connectivity index (χ4v) is 0.575. The molecule has 1 N–H and O–H groups in total. The third kappa shape index (κ3) is 6.25. The first-order chi connectivity index (χ1) is 3.41. The van der Waals surface area contributed by atoms with E-state index >= 15 is 0 Å². The van der Waals surface area contributed by atoms with Crippen LogP contribution in [0.2, 0.25) is 0 Å². The van der Waals surface area contributed by atoms with E-state index in [1.165, 1.54) is 19.3 Å². The van der Waals surface area contributed by atoms with E-state index in [1.807, 2.05) is 0 Å². The molecule has 0 saturated heterocycles. The molecule has 0 atom stereocenters. The first kappa shape index (κ1) is 7.25. The van der Waals surface area contributed by atoms with E-state index in [-0.39, 0.29) is 0 Å². The summed E-state index contributed by atoms with van der Waals surface area (Å²) in [6.07, 6.45) is 3.73. The Morgan fingerprint density at radius 3 is 2.57 bits per heavy atom. The molecule has 2 heteroatoms. The maximum atomic E-state index is 5.19. The van der Waals surface area contributed by atoms with Crippen molar-refractivity contribution in [3.8, 4) is 0 Å². The molecule has 7 heavy (non-hydrogen) atoms. The Bertz CT molecular complexity index is 27.3. The van der Waals surface area contributed by atoms with E-state index in [9.17, 15) is 0 Å². The lowest BCUT2D eigenvalue weighted by Crippen LogP contribution is -1.99. The average Bonchev–Trinajstić information content (AvgIpc) is 1.69. The number of rotatable bonds is 4. The Morgan fingerprint density at radius 2 is 2.14 bits per heavy atom. The Labute approximate surface area is 50.2 Å². The zero-order valence-corrected chi connectivity index (χ0v) is 5.46. The van der Waals surface area contributed by atoms with Gasteiger partial charge in [-0.3, -0.25) is 0 Å². The van der Waals surface area contributed by atoms with Gasteiger partial charge in [0.1, 0.15) is 0 Å². The minimum absolute atomic E-state index is 0.940. The van der Waals surface area contributed by atoms with Crippen LogP contribution in [-0.2, 0) is 0 Å². The summed E-state index contributed by atoms with van der Waals surface area (Å²) in [5.74, 6) is 0. The van der Waals surface area contributed by atoms with Crippen LogP contribution in [0.25, 0.3) is 0 Å². The van der Waals surface area contributed by atoms with Crippen molar-refractivity contribution in [1.29, 1.82) is 0 Å². The molecule has 0 aromatic heterocycles. The second-order valence-electron chi connectivity index (χ2n) is 1.59. The van der Waals surface area contributed by atoms with Gasteiger partial charge in [-0.05, 0) is 18.2 Å². The summed E-state index contributed by atoms with van der Waals surface area (Å²) in [5, 5.41) is 0. The summed E-state index contributed by atoms with van der Waals surface area (Å²) in [4.78, 5) is 2.57. The average molecular weight is 122 g/mol. The normalized spacial score (nSPS) is 9.43. The standard InChI is InChI=1S/C5H12ClN/c1-2-3-4-5-7-6/h7H,2-5H2,1H3. The first-order valence-corrected chi connectivity index (χ1v) is 3.13. The Hall–Kier alpha value is 0.250. The van der Waals surface area contributed by atoms with Gasteiger partial charge in [0.15, 0.2) is 0 Å².